The summed E-state index contributed by atoms with van der Waals surface area (Å²) >= 11 is 0. The Balaban J connectivity index is 2.35. The number of nitrogens with zero attached hydrogens (tertiary/aromatic N) is 4. The number of quaternary nitrogens is 1. The highest BCUT2D eigenvalue weighted by Gasteiger charge is 2.55. The lowest BCUT2D eigenvalue weighted by molar-refractivity contribution is -0.620. The van der Waals surface area contributed by atoms with Crippen LogP contribution in [-0.2, 0) is 10.0 Å². The molecular formula is C11H19N4O3S+. The minimum absolute atomic E-state index is 0.0105. The number of rotatable bonds is 5. The number of hydrogen-bond donors (Lipinski definition) is 0. The summed E-state index contributed by atoms with van der Waals surface area (Å²) in [6, 6.07) is -0.553. The molecule has 7 nitrogen and oxygen atoms in total. The van der Waals surface area contributed by atoms with E-state index in [0.717, 1.165) is 25.5 Å². The van der Waals surface area contributed by atoms with Gasteiger partial charge in [-0.2, -0.15) is 13.4 Å². The van der Waals surface area contributed by atoms with E-state index in [4.69, 9.17) is 0 Å². The molecule has 0 radical (unpaired) electrons. The van der Waals surface area contributed by atoms with Gasteiger partial charge in [-0.25, -0.2) is 4.79 Å². The van der Waals surface area contributed by atoms with Crippen LogP contribution in [-0.4, -0.2) is 54.9 Å². The van der Waals surface area contributed by atoms with Gasteiger partial charge in [0, 0.05) is 17.1 Å². The number of hydrogen-bond acceptors (Lipinski definition) is 5. The molecule has 1 saturated carbocycles. The Morgan fingerprint density at radius 1 is 1.37 bits per heavy atom. The lowest BCUT2D eigenvalue weighted by Gasteiger charge is -2.26. The summed E-state index contributed by atoms with van der Waals surface area (Å²) in [5.74, 6) is 0.150. The van der Waals surface area contributed by atoms with Crippen molar-refractivity contribution >= 4 is 28.7 Å². The minimum atomic E-state index is -3.72. The van der Waals surface area contributed by atoms with Gasteiger partial charge >= 0.3 is 16.1 Å². The van der Waals surface area contributed by atoms with Crippen molar-refractivity contribution in [3.8, 4) is 0 Å². The van der Waals surface area contributed by atoms with Crippen LogP contribution in [0.25, 0.3) is 0 Å². The van der Waals surface area contributed by atoms with E-state index in [9.17, 15) is 13.2 Å². The van der Waals surface area contributed by atoms with Crippen LogP contribution in [0, 0.1) is 5.92 Å². The van der Waals surface area contributed by atoms with Crippen molar-refractivity contribution in [1.29, 1.82) is 0 Å². The fourth-order valence-corrected chi connectivity index (χ4v) is 3.90. The van der Waals surface area contributed by atoms with E-state index >= 15 is 0 Å². The molecule has 1 atom stereocenters. The molecule has 8 heteroatoms. The van der Waals surface area contributed by atoms with Gasteiger partial charge in [0.15, 0.2) is 6.34 Å². The first-order chi connectivity index (χ1) is 8.97. The number of carbonyl (C=O) groups excluding carboxylic acids is 1. The molecule has 0 bridgehead atoms. The summed E-state index contributed by atoms with van der Waals surface area (Å²) in [6.07, 6.45) is 4.04. The second-order valence-electron chi connectivity index (χ2n) is 4.77. The molecule has 0 aromatic heterocycles. The summed E-state index contributed by atoms with van der Waals surface area (Å²) in [5, 5.41) is 3.85. The van der Waals surface area contributed by atoms with Crippen LogP contribution >= 0.6 is 0 Å². The maximum Gasteiger partial charge on any atom is 0.467 e. The molecule has 1 aliphatic heterocycles. The predicted octanol–water partition coefficient (Wildman–Crippen LogP) is 0.990. The van der Waals surface area contributed by atoms with Gasteiger partial charge in [0.2, 0.25) is 6.34 Å². The van der Waals surface area contributed by atoms with E-state index in [-0.39, 0.29) is 11.7 Å². The monoisotopic (exact) mass is 287 g/mol. The van der Waals surface area contributed by atoms with Gasteiger partial charge in [-0.05, 0) is 37.7 Å². The van der Waals surface area contributed by atoms with Crippen LogP contribution in [0.15, 0.2) is 10.1 Å². The van der Waals surface area contributed by atoms with Gasteiger partial charge in [0.05, 0.1) is 0 Å². The average molecular weight is 287 g/mol. The fourth-order valence-electron chi connectivity index (χ4n) is 2.01. The number of carbonyl (C=O) groups is 1. The van der Waals surface area contributed by atoms with Crippen LogP contribution < -0.4 is 0 Å². The van der Waals surface area contributed by atoms with Crippen molar-refractivity contribution in [3.05, 3.63) is 0 Å². The van der Waals surface area contributed by atoms with E-state index in [1.54, 1.807) is 0 Å². The fraction of sp³-hybridized carbons (Fsp3) is 0.727. The number of urea groups is 1. The highest BCUT2D eigenvalue weighted by atomic mass is 32.2. The molecule has 2 aliphatic rings. The van der Waals surface area contributed by atoms with Crippen molar-refractivity contribution in [2.45, 2.75) is 26.7 Å². The van der Waals surface area contributed by atoms with E-state index in [1.165, 1.54) is 4.90 Å². The van der Waals surface area contributed by atoms with Gasteiger partial charge in [-0.3, -0.25) is 4.90 Å². The molecule has 2 amide bonds. The molecule has 106 valence electrons. The van der Waals surface area contributed by atoms with Gasteiger partial charge < -0.3 is 0 Å². The summed E-state index contributed by atoms with van der Waals surface area (Å²) in [4.78, 5) is 17.7. The smallest absolute Gasteiger partial charge is 0.289 e. The average Bonchev–Trinajstić information content (AvgIpc) is 3.02. The maximum atomic E-state index is 12.5. The topological polar surface area (TPSA) is 79.2 Å². The Morgan fingerprint density at radius 3 is 2.42 bits per heavy atom. The van der Waals surface area contributed by atoms with Crippen LogP contribution in [0.3, 0.4) is 0 Å². The SMILES string of the molecule is CCN(CC)C(=O)[N+]1(S(=O)(=O)CC2CC2)C=NC=N1. The standard InChI is InChI=1S/C11H19N4O3S/c1-3-14(4-2)11(16)15(9-12-8-13-15)19(17,18)7-10-5-6-10/h8-10H,3-7H2,1-2H3/q+1. The molecule has 2 rings (SSSR count). The van der Waals surface area contributed by atoms with Crippen LogP contribution in [0.2, 0.25) is 0 Å². The first kappa shape index (κ1) is 14.1. The first-order valence-electron chi connectivity index (χ1n) is 6.46. The molecular weight excluding hydrogens is 268 g/mol. The Hall–Kier alpha value is -1.28. The maximum absolute atomic E-state index is 12.5. The van der Waals surface area contributed by atoms with Crippen LogP contribution in [0.1, 0.15) is 26.7 Å². The van der Waals surface area contributed by atoms with Gasteiger partial charge in [-0.15, -0.1) is 0 Å². The Labute approximate surface area is 113 Å². The highest BCUT2D eigenvalue weighted by Crippen LogP contribution is 2.34. The second kappa shape index (κ2) is 5.01. The Morgan fingerprint density at radius 2 is 2.00 bits per heavy atom. The zero-order chi connectivity index (χ0) is 14.1. The molecule has 1 aliphatic carbocycles. The molecule has 1 unspecified atom stereocenters. The third-order valence-electron chi connectivity index (χ3n) is 3.39. The molecule has 0 aromatic rings. The summed E-state index contributed by atoms with van der Waals surface area (Å²) in [5.41, 5.74) is 0. The third kappa shape index (κ3) is 2.42. The predicted molar refractivity (Wildman–Crippen MR) is 72.1 cm³/mol. The molecule has 1 fully saturated rings. The largest absolute Gasteiger partial charge is 0.467 e. The van der Waals surface area contributed by atoms with Crippen molar-refractivity contribution in [1.82, 2.24) is 4.90 Å². The lowest BCUT2D eigenvalue weighted by Crippen LogP contribution is -2.57. The van der Waals surface area contributed by atoms with Gasteiger partial charge in [-0.1, -0.05) is 0 Å². The van der Waals surface area contributed by atoms with E-state index < -0.39 is 20.1 Å². The molecule has 0 aromatic carbocycles. The number of aliphatic imine (C=N–C) groups is 1. The first-order valence-corrected chi connectivity index (χ1v) is 8.07. The van der Waals surface area contributed by atoms with Crippen molar-refractivity contribution in [3.63, 3.8) is 0 Å². The second-order valence-corrected chi connectivity index (χ2v) is 6.82. The number of amides is 2. The molecule has 19 heavy (non-hydrogen) atoms. The Bertz CT molecular complexity index is 506. The van der Waals surface area contributed by atoms with Crippen molar-refractivity contribution in [2.24, 2.45) is 16.0 Å². The van der Waals surface area contributed by atoms with Crippen molar-refractivity contribution in [2.75, 3.05) is 18.8 Å². The molecule has 0 saturated heterocycles. The van der Waals surface area contributed by atoms with E-state index in [0.29, 0.717) is 13.1 Å². The summed E-state index contributed by atoms with van der Waals surface area (Å²) in [6.45, 7) is 4.50. The molecule has 0 spiro atoms. The quantitative estimate of drug-likeness (QED) is 0.707. The molecule has 1 heterocycles. The zero-order valence-electron chi connectivity index (χ0n) is 11.2. The zero-order valence-corrected chi connectivity index (χ0v) is 12.0. The third-order valence-corrected chi connectivity index (χ3v) is 5.47. The normalized spacial score (nSPS) is 25.8. The lowest BCUT2D eigenvalue weighted by atomic mass is 10.5. The van der Waals surface area contributed by atoms with Gasteiger partial charge in [0.25, 0.3) is 0 Å². The van der Waals surface area contributed by atoms with E-state index in [2.05, 4.69) is 10.1 Å². The Kier molecular flexibility index (Phi) is 3.73. The van der Waals surface area contributed by atoms with Gasteiger partial charge in [0.1, 0.15) is 5.75 Å². The summed E-state index contributed by atoms with van der Waals surface area (Å²) in [7, 11) is -3.72. The minimum Gasteiger partial charge on any atom is -0.289 e. The molecule has 0 N–H and O–H groups in total. The number of sulfonamides is 1. The van der Waals surface area contributed by atoms with E-state index in [1.807, 2.05) is 13.8 Å². The van der Waals surface area contributed by atoms with Crippen LogP contribution in [0.5, 0.6) is 0 Å². The summed E-state index contributed by atoms with van der Waals surface area (Å²) < 4.78 is 24.0. The van der Waals surface area contributed by atoms with Crippen molar-refractivity contribution < 1.29 is 17.2 Å². The van der Waals surface area contributed by atoms with Crippen LogP contribution in [0.4, 0.5) is 4.79 Å². The highest BCUT2D eigenvalue weighted by molar-refractivity contribution is 7.86.